The van der Waals surface area contributed by atoms with Crippen molar-refractivity contribution in [1.29, 1.82) is 5.41 Å². The number of hydrogen-bond donors (Lipinski definition) is 6. The van der Waals surface area contributed by atoms with Gasteiger partial charge in [-0.25, -0.2) is 4.79 Å². The molecule has 2 aromatic rings. The zero-order valence-electron chi connectivity index (χ0n) is 20.7. The first kappa shape index (κ1) is 27.8. The van der Waals surface area contributed by atoms with Crippen LogP contribution in [0.2, 0.25) is 0 Å². The number of carbonyl (C=O) groups is 1. The Morgan fingerprint density at radius 1 is 1.11 bits per heavy atom. The van der Waals surface area contributed by atoms with Crippen LogP contribution in [0.4, 0.5) is 11.5 Å². The van der Waals surface area contributed by atoms with E-state index < -0.39 is 5.69 Å². The molecule has 8 N–H and O–H groups in total. The molecule has 2 rings (SSSR count). The van der Waals surface area contributed by atoms with Crippen molar-refractivity contribution in [2.24, 2.45) is 11.5 Å². The first-order valence-electron chi connectivity index (χ1n) is 12.0. The normalized spacial score (nSPS) is 11.6. The van der Waals surface area contributed by atoms with Crippen LogP contribution in [0.3, 0.4) is 0 Å². The maximum atomic E-state index is 12.5. The minimum absolute atomic E-state index is 0.0219. The molecule has 0 aliphatic rings. The Kier molecular flexibility index (Phi) is 11.7. The summed E-state index contributed by atoms with van der Waals surface area (Å²) in [5.41, 5.74) is 12.0. The molecule has 1 heterocycles. The number of rotatable bonds is 15. The second-order valence-corrected chi connectivity index (χ2v) is 8.60. The average Bonchev–Trinajstić information content (AvgIpc) is 2.82. The lowest BCUT2D eigenvalue weighted by Gasteiger charge is -2.19. The van der Waals surface area contributed by atoms with Crippen molar-refractivity contribution in [1.82, 2.24) is 20.2 Å². The third kappa shape index (κ3) is 10.1. The van der Waals surface area contributed by atoms with Gasteiger partial charge >= 0.3 is 5.69 Å². The SMILES string of the molecule is CN(C)c1ccc(C(=O)Nc2ccn(CCCC(CCCNC(=N)N)NCCCN)c(=O)n2)cc1. The molecular formula is C24H39N9O2. The number of carbonyl (C=O) groups excluding carboxylic acids is 1. The van der Waals surface area contributed by atoms with Gasteiger partial charge in [0.05, 0.1) is 0 Å². The fourth-order valence-electron chi connectivity index (χ4n) is 3.60. The summed E-state index contributed by atoms with van der Waals surface area (Å²) in [6.07, 6.45) is 6.06. The van der Waals surface area contributed by atoms with Crippen molar-refractivity contribution in [3.8, 4) is 0 Å². The summed E-state index contributed by atoms with van der Waals surface area (Å²) in [6, 6.07) is 9.12. The van der Waals surface area contributed by atoms with E-state index in [9.17, 15) is 9.59 Å². The lowest BCUT2D eigenvalue weighted by molar-refractivity contribution is 0.102. The topological polar surface area (TPSA) is 167 Å². The molecule has 0 spiro atoms. The van der Waals surface area contributed by atoms with Crippen LogP contribution < -0.4 is 38.0 Å². The van der Waals surface area contributed by atoms with Crippen LogP contribution in [0, 0.1) is 5.41 Å². The van der Waals surface area contributed by atoms with Crippen molar-refractivity contribution in [3.63, 3.8) is 0 Å². The third-order valence-corrected chi connectivity index (χ3v) is 5.57. The Bertz CT molecular complexity index is 989. The number of nitrogens with two attached hydrogens (primary N) is 2. The van der Waals surface area contributed by atoms with E-state index in [1.807, 2.05) is 31.1 Å². The van der Waals surface area contributed by atoms with Crippen molar-refractivity contribution in [3.05, 3.63) is 52.6 Å². The molecule has 0 aliphatic carbocycles. The standard InChI is InChI=1S/C24H39N9O2/c1-32(2)20-10-8-18(9-11-20)22(34)30-21-12-17-33(24(35)31-21)16-4-7-19(28-15-5-13-25)6-3-14-29-23(26)27/h8-12,17,19,28H,3-7,13-16,25H2,1-2H3,(H4,26,27,29)(H,30,31,34,35). The van der Waals surface area contributed by atoms with Gasteiger partial charge in [-0.15, -0.1) is 0 Å². The maximum absolute atomic E-state index is 12.5. The van der Waals surface area contributed by atoms with E-state index >= 15 is 0 Å². The van der Waals surface area contributed by atoms with E-state index in [4.69, 9.17) is 16.9 Å². The van der Waals surface area contributed by atoms with Crippen molar-refractivity contribution >= 4 is 23.4 Å². The number of nitrogens with one attached hydrogen (secondary N) is 4. The number of amides is 1. The van der Waals surface area contributed by atoms with Gasteiger partial charge in [0.15, 0.2) is 5.96 Å². The van der Waals surface area contributed by atoms with E-state index in [-0.39, 0.29) is 23.7 Å². The van der Waals surface area contributed by atoms with Gasteiger partial charge in [-0.1, -0.05) is 0 Å². The average molecular weight is 486 g/mol. The molecule has 1 aromatic carbocycles. The molecule has 0 saturated heterocycles. The predicted molar refractivity (Wildman–Crippen MR) is 141 cm³/mol. The summed E-state index contributed by atoms with van der Waals surface area (Å²) in [7, 11) is 3.86. The highest BCUT2D eigenvalue weighted by Gasteiger charge is 2.11. The number of aromatic nitrogens is 2. The van der Waals surface area contributed by atoms with E-state index in [2.05, 4.69) is 20.9 Å². The van der Waals surface area contributed by atoms with Gasteiger partial charge < -0.3 is 32.3 Å². The highest BCUT2D eigenvalue weighted by atomic mass is 16.2. The molecule has 0 saturated carbocycles. The highest BCUT2D eigenvalue weighted by Crippen LogP contribution is 2.13. The highest BCUT2D eigenvalue weighted by molar-refractivity contribution is 6.03. The van der Waals surface area contributed by atoms with Crippen molar-refractivity contribution < 1.29 is 4.79 Å². The van der Waals surface area contributed by atoms with Crippen LogP contribution in [0.1, 0.15) is 42.5 Å². The summed E-state index contributed by atoms with van der Waals surface area (Å²) >= 11 is 0. The molecule has 1 amide bonds. The van der Waals surface area contributed by atoms with E-state index in [0.29, 0.717) is 25.2 Å². The summed E-state index contributed by atoms with van der Waals surface area (Å²) in [4.78, 5) is 30.9. The monoisotopic (exact) mass is 485 g/mol. The van der Waals surface area contributed by atoms with Crippen LogP contribution >= 0.6 is 0 Å². The van der Waals surface area contributed by atoms with E-state index in [0.717, 1.165) is 44.3 Å². The molecule has 0 bridgehead atoms. The number of guanidine groups is 1. The van der Waals surface area contributed by atoms with Gasteiger partial charge in [-0.05, 0) is 75.5 Å². The van der Waals surface area contributed by atoms with Crippen LogP contribution in [0.25, 0.3) is 0 Å². The van der Waals surface area contributed by atoms with E-state index in [1.54, 1.807) is 29.0 Å². The number of anilines is 2. The summed E-state index contributed by atoms with van der Waals surface area (Å²) in [5, 5.41) is 16.3. The molecule has 35 heavy (non-hydrogen) atoms. The molecular weight excluding hydrogens is 446 g/mol. The smallest absolute Gasteiger partial charge is 0.349 e. The lowest BCUT2D eigenvalue weighted by atomic mass is 10.1. The van der Waals surface area contributed by atoms with Crippen molar-refractivity contribution in [2.75, 3.05) is 43.9 Å². The molecule has 1 aromatic heterocycles. The fourth-order valence-corrected chi connectivity index (χ4v) is 3.60. The number of aryl methyl sites for hydroxylation is 1. The van der Waals surface area contributed by atoms with Gasteiger partial charge in [0.1, 0.15) is 5.82 Å². The summed E-state index contributed by atoms with van der Waals surface area (Å²) < 4.78 is 1.55. The number of benzene rings is 1. The Morgan fingerprint density at radius 2 is 1.83 bits per heavy atom. The van der Waals surface area contributed by atoms with Gasteiger partial charge in [-0.3, -0.25) is 14.8 Å². The third-order valence-electron chi connectivity index (χ3n) is 5.57. The number of nitrogens with zero attached hydrogens (tertiary/aromatic N) is 3. The Labute approximate surface area is 206 Å². The summed E-state index contributed by atoms with van der Waals surface area (Å²) in [6.45, 7) is 2.67. The van der Waals surface area contributed by atoms with Gasteiger partial charge in [0, 0.05) is 50.7 Å². The van der Waals surface area contributed by atoms with E-state index in [1.165, 1.54) is 0 Å². The minimum atomic E-state index is -0.399. The number of hydrogen-bond acceptors (Lipinski definition) is 7. The largest absolute Gasteiger partial charge is 0.378 e. The minimum Gasteiger partial charge on any atom is -0.378 e. The lowest BCUT2D eigenvalue weighted by Crippen LogP contribution is -2.34. The molecule has 1 atom stereocenters. The Morgan fingerprint density at radius 3 is 2.46 bits per heavy atom. The molecule has 0 fully saturated rings. The Balaban J connectivity index is 1.87. The van der Waals surface area contributed by atoms with Gasteiger partial charge in [0.25, 0.3) is 5.91 Å². The Hall–Kier alpha value is -3.44. The predicted octanol–water partition coefficient (Wildman–Crippen LogP) is 0.912. The second kappa shape index (κ2) is 14.7. The zero-order valence-corrected chi connectivity index (χ0v) is 20.7. The fraction of sp³-hybridized carbons (Fsp3) is 0.500. The van der Waals surface area contributed by atoms with Crippen LogP contribution in [0.5, 0.6) is 0 Å². The van der Waals surface area contributed by atoms with Gasteiger partial charge in [0.2, 0.25) is 0 Å². The van der Waals surface area contributed by atoms with Crippen LogP contribution in [-0.4, -0.2) is 61.2 Å². The first-order chi connectivity index (χ1) is 16.8. The molecule has 11 heteroatoms. The molecule has 11 nitrogen and oxygen atoms in total. The quantitative estimate of drug-likeness (QED) is 0.123. The summed E-state index contributed by atoms with van der Waals surface area (Å²) in [5.74, 6) is -0.107. The first-order valence-corrected chi connectivity index (χ1v) is 12.0. The van der Waals surface area contributed by atoms with Crippen molar-refractivity contribution in [2.45, 2.75) is 44.7 Å². The second-order valence-electron chi connectivity index (χ2n) is 8.60. The maximum Gasteiger partial charge on any atom is 0.349 e. The molecule has 1 unspecified atom stereocenters. The van der Waals surface area contributed by atoms with Crippen LogP contribution in [0.15, 0.2) is 41.3 Å². The van der Waals surface area contributed by atoms with Gasteiger partial charge in [-0.2, -0.15) is 4.98 Å². The molecule has 192 valence electrons. The molecule has 0 aliphatic heterocycles. The van der Waals surface area contributed by atoms with Crippen LogP contribution in [-0.2, 0) is 6.54 Å². The molecule has 0 radical (unpaired) electrons. The zero-order chi connectivity index (χ0) is 25.6.